The SMILES string of the molecule is CC(=O)N1c2c(C(=O)O)ncn2CCC1C(F)(F)F. The summed E-state index contributed by atoms with van der Waals surface area (Å²) in [5, 5.41) is 8.92. The molecule has 1 atom stereocenters. The quantitative estimate of drug-likeness (QED) is 0.838. The lowest BCUT2D eigenvalue weighted by Crippen LogP contribution is -2.52. The van der Waals surface area contributed by atoms with Gasteiger partial charge in [0.2, 0.25) is 5.91 Å². The first-order valence-electron chi connectivity index (χ1n) is 5.38. The Morgan fingerprint density at radius 2 is 2.11 bits per heavy atom. The number of nitrogens with zero attached hydrogens (tertiary/aromatic N) is 3. The predicted octanol–water partition coefficient (Wildman–Crippen LogP) is 1.27. The van der Waals surface area contributed by atoms with Gasteiger partial charge in [-0.05, 0) is 6.42 Å². The third-order valence-corrected chi connectivity index (χ3v) is 2.91. The number of amides is 1. The first-order valence-corrected chi connectivity index (χ1v) is 5.38. The minimum atomic E-state index is -4.61. The standard InChI is InChI=1S/C10H10F3N3O3/c1-5(17)16-6(10(11,12)13)2-3-15-4-14-7(8(15)16)9(18)19/h4,6H,2-3H2,1H3,(H,18,19). The first-order chi connectivity index (χ1) is 8.73. The zero-order valence-electron chi connectivity index (χ0n) is 9.81. The number of rotatable bonds is 1. The van der Waals surface area contributed by atoms with Gasteiger partial charge in [0.15, 0.2) is 11.5 Å². The average molecular weight is 277 g/mol. The molecule has 6 nitrogen and oxygen atoms in total. The van der Waals surface area contributed by atoms with Crippen molar-refractivity contribution in [3.8, 4) is 0 Å². The Morgan fingerprint density at radius 3 is 2.58 bits per heavy atom. The molecular weight excluding hydrogens is 267 g/mol. The number of carboxylic acid groups (broad SMARTS) is 1. The normalized spacial score (nSPS) is 19.2. The summed E-state index contributed by atoms with van der Waals surface area (Å²) in [5.41, 5.74) is -0.552. The fourth-order valence-electron chi connectivity index (χ4n) is 2.16. The molecule has 9 heteroatoms. The fourth-order valence-corrected chi connectivity index (χ4v) is 2.16. The van der Waals surface area contributed by atoms with Gasteiger partial charge in [-0.15, -0.1) is 0 Å². The molecule has 1 aromatic heterocycles. The van der Waals surface area contributed by atoms with E-state index in [1.54, 1.807) is 0 Å². The van der Waals surface area contributed by atoms with Gasteiger partial charge in [-0.2, -0.15) is 13.2 Å². The molecule has 0 radical (unpaired) electrons. The summed E-state index contributed by atoms with van der Waals surface area (Å²) in [6.07, 6.45) is -3.82. The maximum Gasteiger partial charge on any atom is 0.409 e. The number of carbonyl (C=O) groups is 2. The minimum Gasteiger partial charge on any atom is -0.476 e. The lowest BCUT2D eigenvalue weighted by atomic mass is 10.1. The van der Waals surface area contributed by atoms with Crippen molar-refractivity contribution in [3.05, 3.63) is 12.0 Å². The molecule has 0 bridgehead atoms. The zero-order chi connectivity index (χ0) is 14.4. The number of aromatic nitrogens is 2. The lowest BCUT2D eigenvalue weighted by Gasteiger charge is -2.36. The number of fused-ring (bicyclic) bond motifs is 1. The van der Waals surface area contributed by atoms with Crippen molar-refractivity contribution < 1.29 is 27.9 Å². The van der Waals surface area contributed by atoms with Crippen molar-refractivity contribution in [2.75, 3.05) is 4.90 Å². The van der Waals surface area contributed by atoms with Crippen molar-refractivity contribution in [1.29, 1.82) is 0 Å². The van der Waals surface area contributed by atoms with E-state index in [0.29, 0.717) is 4.90 Å². The second-order valence-electron chi connectivity index (χ2n) is 4.15. The van der Waals surface area contributed by atoms with Crippen LogP contribution in [0.1, 0.15) is 23.8 Å². The van der Waals surface area contributed by atoms with Crippen LogP contribution in [0.3, 0.4) is 0 Å². The Bertz CT molecular complexity index is 538. The van der Waals surface area contributed by atoms with Gasteiger partial charge in [0.25, 0.3) is 0 Å². The number of aromatic carboxylic acids is 1. The number of anilines is 1. The van der Waals surface area contributed by atoms with Crippen LogP contribution in [0, 0.1) is 0 Å². The van der Waals surface area contributed by atoms with Gasteiger partial charge in [-0.1, -0.05) is 0 Å². The van der Waals surface area contributed by atoms with Crippen molar-refractivity contribution in [2.45, 2.75) is 32.1 Å². The topological polar surface area (TPSA) is 75.4 Å². The number of hydrogen-bond donors (Lipinski definition) is 1. The van der Waals surface area contributed by atoms with Crippen LogP contribution in [0.4, 0.5) is 19.0 Å². The lowest BCUT2D eigenvalue weighted by molar-refractivity contribution is -0.156. The van der Waals surface area contributed by atoms with E-state index >= 15 is 0 Å². The molecule has 0 aliphatic carbocycles. The van der Waals surface area contributed by atoms with E-state index in [-0.39, 0.29) is 18.8 Å². The molecule has 1 amide bonds. The molecule has 0 spiro atoms. The molecule has 2 rings (SSSR count). The molecule has 0 saturated carbocycles. The molecule has 2 heterocycles. The number of hydrogen-bond acceptors (Lipinski definition) is 3. The van der Waals surface area contributed by atoms with E-state index < -0.39 is 29.8 Å². The smallest absolute Gasteiger partial charge is 0.409 e. The molecular formula is C10H10F3N3O3. The largest absolute Gasteiger partial charge is 0.476 e. The molecule has 1 aromatic rings. The highest BCUT2D eigenvalue weighted by molar-refractivity contribution is 5.99. The van der Waals surface area contributed by atoms with Crippen LogP contribution in [0.25, 0.3) is 0 Å². The first kappa shape index (κ1) is 13.4. The Kier molecular flexibility index (Phi) is 2.99. The van der Waals surface area contributed by atoms with Crippen molar-refractivity contribution >= 4 is 17.7 Å². The van der Waals surface area contributed by atoms with E-state index in [1.165, 1.54) is 4.57 Å². The number of aryl methyl sites for hydroxylation is 1. The summed E-state index contributed by atoms with van der Waals surface area (Å²) < 4.78 is 40.0. The molecule has 1 unspecified atom stereocenters. The van der Waals surface area contributed by atoms with Crippen molar-refractivity contribution in [3.63, 3.8) is 0 Å². The van der Waals surface area contributed by atoms with Gasteiger partial charge >= 0.3 is 12.1 Å². The Labute approximate surface area is 105 Å². The highest BCUT2D eigenvalue weighted by Crippen LogP contribution is 2.36. The van der Waals surface area contributed by atoms with Crippen LogP contribution >= 0.6 is 0 Å². The zero-order valence-corrected chi connectivity index (χ0v) is 9.81. The molecule has 0 fully saturated rings. The summed E-state index contributed by atoms with van der Waals surface area (Å²) in [5.74, 6) is -2.65. The number of carboxylic acids is 1. The summed E-state index contributed by atoms with van der Waals surface area (Å²) in [6, 6.07) is -2.02. The maximum atomic E-state index is 12.9. The van der Waals surface area contributed by atoms with Gasteiger partial charge in [0.1, 0.15) is 6.04 Å². The Balaban J connectivity index is 2.57. The van der Waals surface area contributed by atoms with E-state index in [9.17, 15) is 22.8 Å². The molecule has 104 valence electrons. The summed E-state index contributed by atoms with van der Waals surface area (Å²) in [7, 11) is 0. The van der Waals surface area contributed by atoms with Crippen molar-refractivity contribution in [1.82, 2.24) is 9.55 Å². The average Bonchev–Trinajstić information content (AvgIpc) is 2.69. The van der Waals surface area contributed by atoms with Gasteiger partial charge in [-0.25, -0.2) is 9.78 Å². The maximum absolute atomic E-state index is 12.9. The summed E-state index contributed by atoms with van der Waals surface area (Å²) in [4.78, 5) is 26.5. The number of carbonyl (C=O) groups excluding carboxylic acids is 1. The van der Waals surface area contributed by atoms with E-state index in [4.69, 9.17) is 5.11 Å². The van der Waals surface area contributed by atoms with E-state index in [2.05, 4.69) is 4.98 Å². The minimum absolute atomic E-state index is 0.0381. The van der Waals surface area contributed by atoms with Crippen LogP contribution in [0.15, 0.2) is 6.33 Å². The molecule has 1 aliphatic heterocycles. The monoisotopic (exact) mass is 277 g/mol. The molecule has 0 aromatic carbocycles. The van der Waals surface area contributed by atoms with Crippen LogP contribution < -0.4 is 4.90 Å². The molecule has 1 aliphatic rings. The van der Waals surface area contributed by atoms with Gasteiger partial charge in [0, 0.05) is 13.5 Å². The van der Waals surface area contributed by atoms with E-state index in [1.807, 2.05) is 0 Å². The Morgan fingerprint density at radius 1 is 1.47 bits per heavy atom. The third-order valence-electron chi connectivity index (χ3n) is 2.91. The van der Waals surface area contributed by atoms with Crippen LogP contribution in [0.2, 0.25) is 0 Å². The number of halogens is 3. The molecule has 0 saturated heterocycles. The van der Waals surface area contributed by atoms with Crippen LogP contribution in [-0.4, -0.2) is 38.8 Å². The molecule has 19 heavy (non-hydrogen) atoms. The van der Waals surface area contributed by atoms with E-state index in [0.717, 1.165) is 13.3 Å². The summed E-state index contributed by atoms with van der Waals surface area (Å²) >= 11 is 0. The second kappa shape index (κ2) is 4.25. The fraction of sp³-hybridized carbons (Fsp3) is 0.500. The van der Waals surface area contributed by atoms with Gasteiger partial charge in [-0.3, -0.25) is 9.69 Å². The number of alkyl halides is 3. The molecule has 1 N–H and O–H groups in total. The predicted molar refractivity (Wildman–Crippen MR) is 56.8 cm³/mol. The second-order valence-corrected chi connectivity index (χ2v) is 4.15. The third kappa shape index (κ3) is 2.15. The Hall–Kier alpha value is -2.06. The highest BCUT2D eigenvalue weighted by Gasteiger charge is 2.49. The van der Waals surface area contributed by atoms with Crippen molar-refractivity contribution in [2.24, 2.45) is 0 Å². The van der Waals surface area contributed by atoms with Crippen LogP contribution in [-0.2, 0) is 11.3 Å². The summed E-state index contributed by atoms with van der Waals surface area (Å²) in [6.45, 7) is 0.927. The van der Waals surface area contributed by atoms with Gasteiger partial charge < -0.3 is 9.67 Å². The number of imidazole rings is 1. The highest BCUT2D eigenvalue weighted by atomic mass is 19.4. The van der Waals surface area contributed by atoms with Gasteiger partial charge in [0.05, 0.1) is 6.33 Å². The van der Waals surface area contributed by atoms with Crippen LogP contribution in [0.5, 0.6) is 0 Å².